The van der Waals surface area contributed by atoms with E-state index in [2.05, 4.69) is 24.1 Å². The standard InChI is InChI=1S/C11H17N3O/c1-8(2)3-6-11(15)14-9-4-5-10(12)13-7-9/h4-5,7-8H,3,6H2,1-2H3,(H2,12,13)(H,14,15). The highest BCUT2D eigenvalue weighted by Gasteiger charge is 2.03. The minimum Gasteiger partial charge on any atom is -0.384 e. The molecule has 4 nitrogen and oxygen atoms in total. The Balaban J connectivity index is 2.41. The number of rotatable bonds is 4. The number of pyridine rings is 1. The first-order chi connectivity index (χ1) is 7.08. The van der Waals surface area contributed by atoms with Gasteiger partial charge in [-0.25, -0.2) is 4.98 Å². The summed E-state index contributed by atoms with van der Waals surface area (Å²) in [7, 11) is 0. The van der Waals surface area contributed by atoms with Crippen LogP contribution in [0.3, 0.4) is 0 Å². The van der Waals surface area contributed by atoms with Gasteiger partial charge in [0.2, 0.25) is 5.91 Å². The summed E-state index contributed by atoms with van der Waals surface area (Å²) in [5.74, 6) is 1.02. The topological polar surface area (TPSA) is 68.0 Å². The number of anilines is 2. The van der Waals surface area contributed by atoms with Crippen molar-refractivity contribution < 1.29 is 4.79 Å². The van der Waals surface area contributed by atoms with Crippen molar-refractivity contribution in [2.24, 2.45) is 5.92 Å². The predicted molar refractivity (Wildman–Crippen MR) is 61.4 cm³/mol. The Morgan fingerprint density at radius 3 is 2.80 bits per heavy atom. The van der Waals surface area contributed by atoms with Gasteiger partial charge in [0.1, 0.15) is 5.82 Å². The second kappa shape index (κ2) is 5.34. The quantitative estimate of drug-likeness (QED) is 0.793. The SMILES string of the molecule is CC(C)CCC(=O)Nc1ccc(N)nc1. The monoisotopic (exact) mass is 207 g/mol. The van der Waals surface area contributed by atoms with E-state index in [-0.39, 0.29) is 5.91 Å². The molecule has 0 aromatic carbocycles. The fraction of sp³-hybridized carbons (Fsp3) is 0.455. The molecule has 0 aliphatic heterocycles. The molecule has 4 heteroatoms. The van der Waals surface area contributed by atoms with Gasteiger partial charge in [0.25, 0.3) is 0 Å². The van der Waals surface area contributed by atoms with Crippen LogP contribution in [-0.2, 0) is 4.79 Å². The van der Waals surface area contributed by atoms with Gasteiger partial charge in [-0.05, 0) is 24.5 Å². The Kier molecular flexibility index (Phi) is 4.09. The molecule has 1 rings (SSSR count). The number of hydrogen-bond acceptors (Lipinski definition) is 3. The van der Waals surface area contributed by atoms with E-state index >= 15 is 0 Å². The van der Waals surface area contributed by atoms with Gasteiger partial charge in [-0.2, -0.15) is 0 Å². The molecule has 1 aromatic heterocycles. The average molecular weight is 207 g/mol. The molecule has 1 aromatic rings. The van der Waals surface area contributed by atoms with Crippen LogP contribution in [0.1, 0.15) is 26.7 Å². The van der Waals surface area contributed by atoms with E-state index in [4.69, 9.17) is 5.73 Å². The Morgan fingerprint density at radius 1 is 1.53 bits per heavy atom. The van der Waals surface area contributed by atoms with Crippen LogP contribution < -0.4 is 11.1 Å². The molecule has 1 heterocycles. The lowest BCUT2D eigenvalue weighted by atomic mass is 10.1. The summed E-state index contributed by atoms with van der Waals surface area (Å²) >= 11 is 0. The van der Waals surface area contributed by atoms with E-state index in [1.807, 2.05) is 0 Å². The van der Waals surface area contributed by atoms with Crippen LogP contribution in [-0.4, -0.2) is 10.9 Å². The minimum absolute atomic E-state index is 0.0234. The molecule has 0 fully saturated rings. The molecule has 3 N–H and O–H groups in total. The highest BCUT2D eigenvalue weighted by atomic mass is 16.1. The normalized spacial score (nSPS) is 10.3. The average Bonchev–Trinajstić information content (AvgIpc) is 2.19. The number of nitrogens with two attached hydrogens (primary N) is 1. The second-order valence-electron chi connectivity index (χ2n) is 3.95. The van der Waals surface area contributed by atoms with E-state index in [9.17, 15) is 4.79 Å². The van der Waals surface area contributed by atoms with Crippen molar-refractivity contribution in [2.75, 3.05) is 11.1 Å². The van der Waals surface area contributed by atoms with E-state index in [0.717, 1.165) is 6.42 Å². The summed E-state index contributed by atoms with van der Waals surface area (Å²) in [6, 6.07) is 3.41. The molecule has 1 amide bonds. The number of nitrogen functional groups attached to an aromatic ring is 1. The molecule has 82 valence electrons. The Bertz CT molecular complexity index is 319. The number of hydrogen-bond donors (Lipinski definition) is 2. The van der Waals surface area contributed by atoms with E-state index in [0.29, 0.717) is 23.8 Å². The van der Waals surface area contributed by atoms with Crippen LogP contribution in [0.15, 0.2) is 18.3 Å². The lowest BCUT2D eigenvalue weighted by Gasteiger charge is -2.06. The molecule has 0 aliphatic rings. The van der Waals surface area contributed by atoms with E-state index in [1.165, 1.54) is 0 Å². The van der Waals surface area contributed by atoms with Gasteiger partial charge in [0.15, 0.2) is 0 Å². The summed E-state index contributed by atoms with van der Waals surface area (Å²) in [6.07, 6.45) is 3.00. The molecule has 0 saturated heterocycles. The van der Waals surface area contributed by atoms with Crippen LogP contribution in [0.4, 0.5) is 11.5 Å². The van der Waals surface area contributed by atoms with Crippen LogP contribution in [0.5, 0.6) is 0 Å². The van der Waals surface area contributed by atoms with Crippen molar-refractivity contribution in [1.82, 2.24) is 4.98 Å². The first-order valence-electron chi connectivity index (χ1n) is 5.09. The zero-order valence-electron chi connectivity index (χ0n) is 9.16. The van der Waals surface area contributed by atoms with Crippen molar-refractivity contribution in [3.05, 3.63) is 18.3 Å². The van der Waals surface area contributed by atoms with Crippen LogP contribution in [0.25, 0.3) is 0 Å². The van der Waals surface area contributed by atoms with Crippen molar-refractivity contribution in [3.63, 3.8) is 0 Å². The highest BCUT2D eigenvalue weighted by molar-refractivity contribution is 5.90. The smallest absolute Gasteiger partial charge is 0.224 e. The van der Waals surface area contributed by atoms with Crippen molar-refractivity contribution in [1.29, 1.82) is 0 Å². The highest BCUT2D eigenvalue weighted by Crippen LogP contribution is 2.09. The fourth-order valence-electron chi connectivity index (χ4n) is 1.12. The number of amides is 1. The number of nitrogens with one attached hydrogen (secondary N) is 1. The molecule has 0 saturated carbocycles. The molecule has 0 atom stereocenters. The zero-order valence-corrected chi connectivity index (χ0v) is 9.16. The summed E-state index contributed by atoms with van der Waals surface area (Å²) in [5, 5.41) is 2.77. The van der Waals surface area contributed by atoms with Crippen LogP contribution in [0.2, 0.25) is 0 Å². The van der Waals surface area contributed by atoms with Gasteiger partial charge in [-0.3, -0.25) is 4.79 Å². The molecule has 0 spiro atoms. The number of carbonyl (C=O) groups excluding carboxylic acids is 1. The Morgan fingerprint density at radius 2 is 2.27 bits per heavy atom. The van der Waals surface area contributed by atoms with E-state index in [1.54, 1.807) is 18.3 Å². The maximum absolute atomic E-state index is 11.4. The van der Waals surface area contributed by atoms with Gasteiger partial charge < -0.3 is 11.1 Å². The predicted octanol–water partition coefficient (Wildman–Crippen LogP) is 2.04. The number of aromatic nitrogens is 1. The lowest BCUT2D eigenvalue weighted by Crippen LogP contribution is -2.12. The van der Waals surface area contributed by atoms with Gasteiger partial charge in [-0.15, -0.1) is 0 Å². The number of nitrogens with zero attached hydrogens (tertiary/aromatic N) is 1. The molecule has 0 radical (unpaired) electrons. The summed E-state index contributed by atoms with van der Waals surface area (Å²) < 4.78 is 0. The number of carbonyl (C=O) groups is 1. The summed E-state index contributed by atoms with van der Waals surface area (Å²) in [4.78, 5) is 15.3. The summed E-state index contributed by atoms with van der Waals surface area (Å²) in [6.45, 7) is 4.19. The maximum atomic E-state index is 11.4. The van der Waals surface area contributed by atoms with E-state index < -0.39 is 0 Å². The molecular weight excluding hydrogens is 190 g/mol. The third-order valence-electron chi connectivity index (χ3n) is 2.02. The third kappa shape index (κ3) is 4.44. The van der Waals surface area contributed by atoms with Crippen molar-refractivity contribution in [2.45, 2.75) is 26.7 Å². The zero-order chi connectivity index (χ0) is 11.3. The maximum Gasteiger partial charge on any atom is 0.224 e. The van der Waals surface area contributed by atoms with Crippen molar-refractivity contribution in [3.8, 4) is 0 Å². The molecule has 15 heavy (non-hydrogen) atoms. The van der Waals surface area contributed by atoms with Crippen molar-refractivity contribution >= 4 is 17.4 Å². The first kappa shape index (κ1) is 11.5. The first-order valence-corrected chi connectivity index (χ1v) is 5.09. The van der Waals surface area contributed by atoms with Crippen LogP contribution >= 0.6 is 0 Å². The Labute approximate surface area is 89.9 Å². The van der Waals surface area contributed by atoms with Gasteiger partial charge >= 0.3 is 0 Å². The minimum atomic E-state index is 0.0234. The lowest BCUT2D eigenvalue weighted by molar-refractivity contribution is -0.116. The Hall–Kier alpha value is -1.58. The van der Waals surface area contributed by atoms with Gasteiger partial charge in [-0.1, -0.05) is 13.8 Å². The molecule has 0 aliphatic carbocycles. The summed E-state index contributed by atoms with van der Waals surface area (Å²) in [5.41, 5.74) is 6.12. The van der Waals surface area contributed by atoms with Crippen LogP contribution in [0, 0.1) is 5.92 Å². The van der Waals surface area contributed by atoms with Gasteiger partial charge in [0, 0.05) is 6.42 Å². The molecular formula is C11H17N3O. The molecule has 0 unspecified atom stereocenters. The largest absolute Gasteiger partial charge is 0.384 e. The third-order valence-corrected chi connectivity index (χ3v) is 2.02. The second-order valence-corrected chi connectivity index (χ2v) is 3.95. The fourth-order valence-corrected chi connectivity index (χ4v) is 1.12. The van der Waals surface area contributed by atoms with Gasteiger partial charge in [0.05, 0.1) is 11.9 Å². The molecule has 0 bridgehead atoms.